The van der Waals surface area contributed by atoms with Crippen LogP contribution in [0.1, 0.15) is 39.5 Å². The van der Waals surface area contributed by atoms with Gasteiger partial charge in [-0.25, -0.2) is 0 Å². The van der Waals surface area contributed by atoms with E-state index in [4.69, 9.17) is 4.74 Å². The van der Waals surface area contributed by atoms with Crippen molar-refractivity contribution in [2.24, 2.45) is 11.8 Å². The maximum atomic E-state index is 5.26. The van der Waals surface area contributed by atoms with Crippen molar-refractivity contribution in [3.8, 4) is 5.75 Å². The number of hydrogen-bond acceptors (Lipinski definition) is 2. The van der Waals surface area contributed by atoms with Crippen LogP contribution in [0.25, 0.3) is 0 Å². The predicted octanol–water partition coefficient (Wildman–Crippen LogP) is 5.08. The van der Waals surface area contributed by atoms with Gasteiger partial charge in [0.05, 0.1) is 11.6 Å². The lowest BCUT2D eigenvalue weighted by Gasteiger charge is -2.32. The first-order chi connectivity index (χ1) is 9.10. The third kappa shape index (κ3) is 3.88. The Morgan fingerprint density at radius 3 is 2.42 bits per heavy atom. The second-order valence-corrected chi connectivity index (χ2v) is 6.70. The van der Waals surface area contributed by atoms with Crippen molar-refractivity contribution in [3.05, 3.63) is 22.7 Å². The van der Waals surface area contributed by atoms with E-state index in [2.05, 4.69) is 47.2 Å². The highest BCUT2D eigenvalue weighted by Crippen LogP contribution is 2.33. The second kappa shape index (κ2) is 6.65. The first-order valence-electron chi connectivity index (χ1n) is 7.20. The molecule has 0 atom stereocenters. The molecule has 1 aromatic carbocycles. The van der Waals surface area contributed by atoms with Crippen molar-refractivity contribution in [2.75, 3.05) is 12.4 Å². The van der Waals surface area contributed by atoms with Crippen LogP contribution in [0.5, 0.6) is 5.75 Å². The van der Waals surface area contributed by atoms with Gasteiger partial charge in [-0.1, -0.05) is 13.8 Å². The summed E-state index contributed by atoms with van der Waals surface area (Å²) in [6.07, 6.45) is 5.28. The van der Waals surface area contributed by atoms with E-state index in [9.17, 15) is 0 Å². The Bertz CT molecular complexity index is 411. The van der Waals surface area contributed by atoms with Gasteiger partial charge < -0.3 is 10.1 Å². The van der Waals surface area contributed by atoms with Crippen LogP contribution in [0.2, 0.25) is 0 Å². The van der Waals surface area contributed by atoms with E-state index in [0.717, 1.165) is 22.1 Å². The highest BCUT2D eigenvalue weighted by atomic mass is 79.9. The Balaban J connectivity index is 1.90. The van der Waals surface area contributed by atoms with Crippen molar-refractivity contribution in [3.63, 3.8) is 0 Å². The molecule has 0 bridgehead atoms. The van der Waals surface area contributed by atoms with Crippen molar-refractivity contribution >= 4 is 21.6 Å². The summed E-state index contributed by atoms with van der Waals surface area (Å²) in [5.41, 5.74) is 1.18. The van der Waals surface area contributed by atoms with Gasteiger partial charge in [0.15, 0.2) is 0 Å². The van der Waals surface area contributed by atoms with Crippen LogP contribution in [0.3, 0.4) is 0 Å². The van der Waals surface area contributed by atoms with Crippen LogP contribution < -0.4 is 10.1 Å². The van der Waals surface area contributed by atoms with E-state index in [0.29, 0.717) is 6.04 Å². The average Bonchev–Trinajstić information content (AvgIpc) is 2.39. The van der Waals surface area contributed by atoms with Crippen LogP contribution in [0, 0.1) is 11.8 Å². The van der Waals surface area contributed by atoms with Gasteiger partial charge >= 0.3 is 0 Å². The lowest BCUT2D eigenvalue weighted by Crippen LogP contribution is -2.27. The highest BCUT2D eigenvalue weighted by molar-refractivity contribution is 9.10. The molecule has 0 spiro atoms. The van der Waals surface area contributed by atoms with E-state index in [-0.39, 0.29) is 0 Å². The summed E-state index contributed by atoms with van der Waals surface area (Å²) in [6.45, 7) is 4.69. The van der Waals surface area contributed by atoms with Gasteiger partial charge in [-0.15, -0.1) is 0 Å². The normalized spacial score (nSPS) is 23.4. The van der Waals surface area contributed by atoms with Crippen LogP contribution in [-0.2, 0) is 0 Å². The van der Waals surface area contributed by atoms with Gasteiger partial charge in [-0.3, -0.25) is 0 Å². The Kier molecular flexibility index (Phi) is 5.14. The predicted molar refractivity (Wildman–Crippen MR) is 84.9 cm³/mol. The molecule has 1 aliphatic carbocycles. The third-order valence-electron chi connectivity index (χ3n) is 4.24. The summed E-state index contributed by atoms with van der Waals surface area (Å²) in [5, 5.41) is 3.65. The Morgan fingerprint density at radius 2 is 1.89 bits per heavy atom. The number of ether oxygens (including phenoxy) is 1. The van der Waals surface area contributed by atoms with Crippen LogP contribution in [0.4, 0.5) is 5.69 Å². The van der Waals surface area contributed by atoms with E-state index in [1.807, 2.05) is 6.07 Å². The molecule has 2 rings (SSSR count). The maximum Gasteiger partial charge on any atom is 0.133 e. The standard InChI is InChI=1S/C16H24BrNO/c1-11(2)12-4-6-13(7-5-12)18-14-8-9-16(19-3)15(17)10-14/h8-13,18H,4-7H2,1-3H3. The van der Waals surface area contributed by atoms with Crippen LogP contribution >= 0.6 is 15.9 Å². The summed E-state index contributed by atoms with van der Waals surface area (Å²) in [7, 11) is 1.69. The Morgan fingerprint density at radius 1 is 1.21 bits per heavy atom. The Labute approximate surface area is 125 Å². The lowest BCUT2D eigenvalue weighted by atomic mass is 9.79. The fourth-order valence-electron chi connectivity index (χ4n) is 2.92. The molecule has 3 heteroatoms. The number of rotatable bonds is 4. The first kappa shape index (κ1) is 14.7. The second-order valence-electron chi connectivity index (χ2n) is 5.85. The molecular formula is C16H24BrNO. The molecule has 1 saturated carbocycles. The van der Waals surface area contributed by atoms with Gasteiger partial charge in [-0.05, 0) is 71.6 Å². The summed E-state index contributed by atoms with van der Waals surface area (Å²) < 4.78 is 6.27. The van der Waals surface area contributed by atoms with E-state index in [1.165, 1.54) is 31.4 Å². The van der Waals surface area contributed by atoms with Crippen molar-refractivity contribution < 1.29 is 4.74 Å². The minimum atomic E-state index is 0.621. The van der Waals surface area contributed by atoms with Gasteiger partial charge in [0.1, 0.15) is 5.75 Å². The van der Waals surface area contributed by atoms with E-state index >= 15 is 0 Å². The van der Waals surface area contributed by atoms with E-state index < -0.39 is 0 Å². The number of anilines is 1. The molecule has 0 aromatic heterocycles. The molecule has 0 saturated heterocycles. The monoisotopic (exact) mass is 325 g/mol. The third-order valence-corrected chi connectivity index (χ3v) is 4.86. The maximum absolute atomic E-state index is 5.26. The first-order valence-corrected chi connectivity index (χ1v) is 7.99. The largest absolute Gasteiger partial charge is 0.496 e. The molecule has 0 amide bonds. The van der Waals surface area contributed by atoms with E-state index in [1.54, 1.807) is 7.11 Å². The quantitative estimate of drug-likeness (QED) is 0.833. The molecule has 1 N–H and O–H groups in total. The van der Waals surface area contributed by atoms with Crippen molar-refractivity contribution in [2.45, 2.75) is 45.6 Å². The topological polar surface area (TPSA) is 21.3 Å². The summed E-state index contributed by atoms with van der Waals surface area (Å²) in [5.74, 6) is 2.63. The number of nitrogens with one attached hydrogen (secondary N) is 1. The van der Waals surface area contributed by atoms with Crippen molar-refractivity contribution in [1.82, 2.24) is 0 Å². The fraction of sp³-hybridized carbons (Fsp3) is 0.625. The van der Waals surface area contributed by atoms with Crippen molar-refractivity contribution in [1.29, 1.82) is 0 Å². The summed E-state index contributed by atoms with van der Waals surface area (Å²) in [4.78, 5) is 0. The van der Waals surface area contributed by atoms with Crippen LogP contribution in [-0.4, -0.2) is 13.2 Å². The number of benzene rings is 1. The summed E-state index contributed by atoms with van der Waals surface area (Å²) >= 11 is 3.54. The molecule has 1 aliphatic rings. The molecule has 0 radical (unpaired) electrons. The molecule has 1 aromatic rings. The van der Waals surface area contributed by atoms with Crippen LogP contribution in [0.15, 0.2) is 22.7 Å². The molecule has 0 aliphatic heterocycles. The highest BCUT2D eigenvalue weighted by Gasteiger charge is 2.23. The molecular weight excluding hydrogens is 302 g/mol. The van der Waals surface area contributed by atoms with Gasteiger partial charge in [-0.2, -0.15) is 0 Å². The smallest absolute Gasteiger partial charge is 0.133 e. The minimum Gasteiger partial charge on any atom is -0.496 e. The number of methoxy groups -OCH3 is 1. The lowest BCUT2D eigenvalue weighted by molar-refractivity contribution is 0.267. The zero-order chi connectivity index (χ0) is 13.8. The molecule has 0 heterocycles. The average molecular weight is 326 g/mol. The molecule has 1 fully saturated rings. The molecule has 106 valence electrons. The van der Waals surface area contributed by atoms with Gasteiger partial charge in [0, 0.05) is 11.7 Å². The number of hydrogen-bond donors (Lipinski definition) is 1. The number of halogens is 1. The summed E-state index contributed by atoms with van der Waals surface area (Å²) in [6, 6.07) is 6.83. The van der Waals surface area contributed by atoms with Gasteiger partial charge in [0.2, 0.25) is 0 Å². The zero-order valence-corrected chi connectivity index (χ0v) is 13.7. The zero-order valence-electron chi connectivity index (χ0n) is 12.1. The molecule has 19 heavy (non-hydrogen) atoms. The fourth-order valence-corrected chi connectivity index (χ4v) is 3.46. The SMILES string of the molecule is COc1ccc(NC2CCC(C(C)C)CC2)cc1Br. The molecule has 2 nitrogen and oxygen atoms in total. The van der Waals surface area contributed by atoms with Gasteiger partial charge in [0.25, 0.3) is 0 Å². The molecule has 0 unspecified atom stereocenters. The minimum absolute atomic E-state index is 0.621. The Hall–Kier alpha value is -0.700.